The molecule has 6 nitrogen and oxygen atoms in total. The molecule has 2 fully saturated rings. The molecular formula is C23H31N5O. The number of hydrogen-bond donors (Lipinski definition) is 2. The quantitative estimate of drug-likeness (QED) is 0.790. The van der Waals surface area contributed by atoms with E-state index in [4.69, 9.17) is 0 Å². The number of nitrogens with zero attached hydrogens (tertiary/aromatic N) is 3. The van der Waals surface area contributed by atoms with Gasteiger partial charge < -0.3 is 25.3 Å². The lowest BCUT2D eigenvalue weighted by molar-refractivity contribution is -0.114. The second-order valence-electron chi connectivity index (χ2n) is 7.98. The number of carbonyl (C=O) groups is 1. The third kappa shape index (κ3) is 5.21. The third-order valence-corrected chi connectivity index (χ3v) is 5.81. The lowest BCUT2D eigenvalue weighted by Gasteiger charge is -2.34. The number of anilines is 4. The molecule has 0 aromatic heterocycles. The Hall–Kier alpha value is -2.73. The molecule has 2 aliphatic rings. The second-order valence-corrected chi connectivity index (χ2v) is 7.98. The fourth-order valence-corrected chi connectivity index (χ4v) is 3.97. The van der Waals surface area contributed by atoms with Gasteiger partial charge in [0, 0.05) is 62.0 Å². The summed E-state index contributed by atoms with van der Waals surface area (Å²) in [6.07, 6.45) is 2.53. The third-order valence-electron chi connectivity index (χ3n) is 5.81. The van der Waals surface area contributed by atoms with Crippen molar-refractivity contribution in [1.29, 1.82) is 0 Å². The van der Waals surface area contributed by atoms with Crippen molar-refractivity contribution in [2.75, 3.05) is 73.3 Å². The highest BCUT2D eigenvalue weighted by molar-refractivity contribution is 5.93. The maximum Gasteiger partial charge on any atom is 0.243 e. The van der Waals surface area contributed by atoms with Gasteiger partial charge in [-0.05, 0) is 68.4 Å². The summed E-state index contributed by atoms with van der Waals surface area (Å²) in [4.78, 5) is 19.4. The van der Waals surface area contributed by atoms with Gasteiger partial charge in [0.25, 0.3) is 0 Å². The smallest absolute Gasteiger partial charge is 0.243 e. The SMILES string of the molecule is CN1CCN(c2ccc(NCC(=O)Nc3ccc(N4CCCC4)cc3)cc2)CC1. The van der Waals surface area contributed by atoms with Crippen LogP contribution >= 0.6 is 0 Å². The number of hydrogen-bond acceptors (Lipinski definition) is 5. The average molecular weight is 394 g/mol. The van der Waals surface area contributed by atoms with Gasteiger partial charge in [0.05, 0.1) is 6.54 Å². The van der Waals surface area contributed by atoms with E-state index in [0.29, 0.717) is 0 Å². The van der Waals surface area contributed by atoms with Crippen LogP contribution < -0.4 is 20.4 Å². The number of rotatable bonds is 6. The van der Waals surface area contributed by atoms with Crippen LogP contribution in [0.2, 0.25) is 0 Å². The van der Waals surface area contributed by atoms with Crippen LogP contribution in [0.5, 0.6) is 0 Å². The van der Waals surface area contributed by atoms with E-state index < -0.39 is 0 Å². The van der Waals surface area contributed by atoms with E-state index in [-0.39, 0.29) is 12.5 Å². The Bertz CT molecular complexity index is 791. The maximum absolute atomic E-state index is 12.3. The lowest BCUT2D eigenvalue weighted by Crippen LogP contribution is -2.44. The zero-order chi connectivity index (χ0) is 20.1. The van der Waals surface area contributed by atoms with Gasteiger partial charge in [-0.15, -0.1) is 0 Å². The molecular weight excluding hydrogens is 362 g/mol. The van der Waals surface area contributed by atoms with Crippen molar-refractivity contribution >= 4 is 28.7 Å². The van der Waals surface area contributed by atoms with Crippen LogP contribution in [-0.4, -0.2) is 63.7 Å². The summed E-state index contributed by atoms with van der Waals surface area (Å²) in [7, 11) is 2.16. The van der Waals surface area contributed by atoms with Crippen LogP contribution in [-0.2, 0) is 4.79 Å². The molecule has 2 aromatic carbocycles. The van der Waals surface area contributed by atoms with Crippen molar-refractivity contribution < 1.29 is 4.79 Å². The van der Waals surface area contributed by atoms with Crippen LogP contribution in [0.15, 0.2) is 48.5 Å². The Morgan fingerprint density at radius 1 is 0.759 bits per heavy atom. The van der Waals surface area contributed by atoms with Crippen molar-refractivity contribution in [3.8, 4) is 0 Å². The fourth-order valence-electron chi connectivity index (χ4n) is 3.97. The molecule has 0 bridgehead atoms. The van der Waals surface area contributed by atoms with E-state index in [1.807, 2.05) is 24.3 Å². The Labute approximate surface area is 173 Å². The minimum absolute atomic E-state index is 0.0398. The molecule has 2 aliphatic heterocycles. The molecule has 2 saturated heterocycles. The van der Waals surface area contributed by atoms with Gasteiger partial charge in [-0.25, -0.2) is 0 Å². The van der Waals surface area contributed by atoms with Crippen molar-refractivity contribution in [3.05, 3.63) is 48.5 Å². The van der Waals surface area contributed by atoms with E-state index in [2.05, 4.69) is 56.6 Å². The summed E-state index contributed by atoms with van der Waals surface area (Å²) in [5.74, 6) is -0.0398. The molecule has 2 N–H and O–H groups in total. The monoisotopic (exact) mass is 393 g/mol. The summed E-state index contributed by atoms with van der Waals surface area (Å²) in [6.45, 7) is 6.82. The molecule has 6 heteroatoms. The largest absolute Gasteiger partial charge is 0.376 e. The Balaban J connectivity index is 1.24. The molecule has 0 aliphatic carbocycles. The average Bonchev–Trinajstić information content (AvgIpc) is 3.29. The molecule has 2 heterocycles. The zero-order valence-corrected chi connectivity index (χ0v) is 17.2. The van der Waals surface area contributed by atoms with Crippen LogP contribution in [0.1, 0.15) is 12.8 Å². The first-order valence-corrected chi connectivity index (χ1v) is 10.6. The zero-order valence-electron chi connectivity index (χ0n) is 17.2. The Kier molecular flexibility index (Phi) is 6.20. The summed E-state index contributed by atoms with van der Waals surface area (Å²) >= 11 is 0. The highest BCUT2D eigenvalue weighted by Gasteiger charge is 2.14. The number of amides is 1. The highest BCUT2D eigenvalue weighted by Crippen LogP contribution is 2.22. The Morgan fingerprint density at radius 3 is 1.86 bits per heavy atom. The number of carbonyl (C=O) groups excluding carboxylic acids is 1. The van der Waals surface area contributed by atoms with Crippen LogP contribution in [0, 0.1) is 0 Å². The van der Waals surface area contributed by atoms with Gasteiger partial charge in [-0.2, -0.15) is 0 Å². The molecule has 0 atom stereocenters. The molecule has 0 radical (unpaired) electrons. The highest BCUT2D eigenvalue weighted by atomic mass is 16.1. The normalized spacial score (nSPS) is 17.4. The fraction of sp³-hybridized carbons (Fsp3) is 0.435. The second kappa shape index (κ2) is 9.18. The molecule has 0 spiro atoms. The first-order chi connectivity index (χ1) is 14.2. The lowest BCUT2D eigenvalue weighted by atomic mass is 10.2. The summed E-state index contributed by atoms with van der Waals surface area (Å²) in [6, 6.07) is 16.5. The molecule has 4 rings (SSSR count). The molecule has 154 valence electrons. The molecule has 0 unspecified atom stereocenters. The van der Waals surface area contributed by atoms with Crippen molar-refractivity contribution in [2.24, 2.45) is 0 Å². The summed E-state index contributed by atoms with van der Waals surface area (Å²) in [5.41, 5.74) is 4.28. The van der Waals surface area contributed by atoms with E-state index >= 15 is 0 Å². The molecule has 29 heavy (non-hydrogen) atoms. The number of nitrogens with one attached hydrogen (secondary N) is 2. The van der Waals surface area contributed by atoms with Crippen LogP contribution in [0.3, 0.4) is 0 Å². The Morgan fingerprint density at radius 2 is 1.28 bits per heavy atom. The van der Waals surface area contributed by atoms with E-state index in [0.717, 1.165) is 50.6 Å². The minimum atomic E-state index is -0.0398. The van der Waals surface area contributed by atoms with Crippen LogP contribution in [0.4, 0.5) is 22.7 Å². The molecule has 2 aromatic rings. The van der Waals surface area contributed by atoms with Crippen LogP contribution in [0.25, 0.3) is 0 Å². The molecule has 0 saturated carbocycles. The van der Waals surface area contributed by atoms with Gasteiger partial charge in [0.1, 0.15) is 0 Å². The maximum atomic E-state index is 12.3. The first kappa shape index (κ1) is 19.6. The minimum Gasteiger partial charge on any atom is -0.376 e. The van der Waals surface area contributed by atoms with Crippen molar-refractivity contribution in [3.63, 3.8) is 0 Å². The predicted octanol–water partition coefficient (Wildman–Crippen LogP) is 3.09. The van der Waals surface area contributed by atoms with Gasteiger partial charge in [-0.3, -0.25) is 4.79 Å². The van der Waals surface area contributed by atoms with Crippen molar-refractivity contribution in [1.82, 2.24) is 4.90 Å². The first-order valence-electron chi connectivity index (χ1n) is 10.6. The number of piperazine rings is 1. The van der Waals surface area contributed by atoms with E-state index in [1.165, 1.54) is 24.2 Å². The van der Waals surface area contributed by atoms with E-state index in [9.17, 15) is 4.79 Å². The summed E-state index contributed by atoms with van der Waals surface area (Å²) < 4.78 is 0. The van der Waals surface area contributed by atoms with Crippen molar-refractivity contribution in [2.45, 2.75) is 12.8 Å². The molecule has 1 amide bonds. The van der Waals surface area contributed by atoms with Gasteiger partial charge >= 0.3 is 0 Å². The van der Waals surface area contributed by atoms with E-state index in [1.54, 1.807) is 0 Å². The number of likely N-dealkylation sites (N-methyl/N-ethyl adjacent to an activating group) is 1. The van der Waals surface area contributed by atoms with Gasteiger partial charge in [0.2, 0.25) is 5.91 Å². The summed E-state index contributed by atoms with van der Waals surface area (Å²) in [5, 5.41) is 6.18. The van der Waals surface area contributed by atoms with Gasteiger partial charge in [0.15, 0.2) is 0 Å². The standard InChI is InChI=1S/C23H31N5O/c1-26-14-16-28(17-15-26)22-8-4-19(5-9-22)24-18-23(29)25-20-6-10-21(11-7-20)27-12-2-3-13-27/h4-11,24H,2-3,12-18H2,1H3,(H,25,29). The topological polar surface area (TPSA) is 50.9 Å². The van der Waals surface area contributed by atoms with Gasteiger partial charge in [-0.1, -0.05) is 0 Å². The predicted molar refractivity (Wildman–Crippen MR) is 121 cm³/mol. The number of benzene rings is 2.